The summed E-state index contributed by atoms with van der Waals surface area (Å²) in [6.45, 7) is 0.774. The number of benzene rings is 1. The molecule has 0 radical (unpaired) electrons. The number of aliphatic hydroxyl groups excluding tert-OH is 2. The zero-order valence-corrected chi connectivity index (χ0v) is 14.8. The number of aryl methyl sites for hydroxylation is 1. The minimum Gasteiger partial charge on any atom is -0.395 e. The van der Waals surface area contributed by atoms with E-state index in [9.17, 15) is 27.0 Å². The highest BCUT2D eigenvalue weighted by Gasteiger charge is 2.44. The van der Waals surface area contributed by atoms with Gasteiger partial charge in [0.05, 0.1) is 35.2 Å². The average molecular weight is 384 g/mol. The Bertz CT molecular complexity index is 793. The fourth-order valence-electron chi connectivity index (χ4n) is 2.63. The molecule has 2 rings (SSSR count). The highest BCUT2D eigenvalue weighted by atomic mass is 35.5. The van der Waals surface area contributed by atoms with Gasteiger partial charge in [-0.2, -0.15) is 4.31 Å². The van der Waals surface area contributed by atoms with Crippen LogP contribution in [0.2, 0.25) is 5.02 Å². The van der Waals surface area contributed by atoms with Gasteiger partial charge in [-0.3, -0.25) is 0 Å². The number of sulfonamides is 1. The molecule has 23 heavy (non-hydrogen) atoms. The summed E-state index contributed by atoms with van der Waals surface area (Å²) in [5.74, 6) is -0.976. The van der Waals surface area contributed by atoms with Crippen molar-refractivity contribution < 1.29 is 27.0 Å². The molecular formula is C13H18ClNO6S2. The standard InChI is InChI=1S/C13H18ClNO6S2/c1-9-2-3-10(14)6-13(9)23(20,21)15(4-5-16)11-7-22(18,19)8-12(11)17/h2-3,6,11-12,16-17H,4-5,7-8H2,1H3/t11-,12-/m0/s1. The third kappa shape index (κ3) is 3.86. The molecular weight excluding hydrogens is 366 g/mol. The van der Waals surface area contributed by atoms with Crippen molar-refractivity contribution in [3.63, 3.8) is 0 Å². The fourth-order valence-corrected chi connectivity index (χ4v) is 6.66. The van der Waals surface area contributed by atoms with Crippen molar-refractivity contribution in [2.24, 2.45) is 0 Å². The van der Waals surface area contributed by atoms with E-state index in [4.69, 9.17) is 11.6 Å². The Morgan fingerprint density at radius 1 is 1.35 bits per heavy atom. The third-order valence-electron chi connectivity index (χ3n) is 3.72. The lowest BCUT2D eigenvalue weighted by Gasteiger charge is -2.29. The highest BCUT2D eigenvalue weighted by Crippen LogP contribution is 2.28. The molecule has 1 aliphatic heterocycles. The van der Waals surface area contributed by atoms with Gasteiger partial charge in [-0.1, -0.05) is 17.7 Å². The Hall–Kier alpha value is -0.710. The van der Waals surface area contributed by atoms with E-state index in [1.54, 1.807) is 13.0 Å². The summed E-state index contributed by atoms with van der Waals surface area (Å²) < 4.78 is 50.0. The van der Waals surface area contributed by atoms with Crippen LogP contribution in [0.1, 0.15) is 5.56 Å². The number of aliphatic hydroxyl groups is 2. The summed E-state index contributed by atoms with van der Waals surface area (Å²) in [6, 6.07) is 3.22. The first kappa shape index (κ1) is 18.6. The van der Waals surface area contributed by atoms with Crippen LogP contribution in [0.5, 0.6) is 0 Å². The van der Waals surface area contributed by atoms with Gasteiger partial charge in [0.2, 0.25) is 10.0 Å². The molecule has 2 N–H and O–H groups in total. The Labute approximate surface area is 140 Å². The molecule has 0 unspecified atom stereocenters. The molecule has 1 heterocycles. The van der Waals surface area contributed by atoms with Crippen LogP contribution in [0.4, 0.5) is 0 Å². The Kier molecular flexibility index (Phi) is 5.39. The Balaban J connectivity index is 2.50. The fraction of sp³-hybridized carbons (Fsp3) is 0.538. The van der Waals surface area contributed by atoms with E-state index in [1.165, 1.54) is 12.1 Å². The van der Waals surface area contributed by atoms with Gasteiger partial charge in [-0.25, -0.2) is 16.8 Å². The van der Waals surface area contributed by atoms with E-state index < -0.39 is 50.1 Å². The number of halogens is 1. The van der Waals surface area contributed by atoms with Crippen molar-refractivity contribution in [1.29, 1.82) is 0 Å². The van der Waals surface area contributed by atoms with Gasteiger partial charge < -0.3 is 10.2 Å². The zero-order chi connectivity index (χ0) is 17.4. The predicted octanol–water partition coefficient (Wildman–Crippen LogP) is -0.211. The van der Waals surface area contributed by atoms with Crippen LogP contribution < -0.4 is 0 Å². The SMILES string of the molecule is Cc1ccc(Cl)cc1S(=O)(=O)N(CCO)[C@H]1CS(=O)(=O)C[C@@H]1O. The van der Waals surface area contributed by atoms with Crippen LogP contribution >= 0.6 is 11.6 Å². The third-order valence-corrected chi connectivity index (χ3v) is 7.72. The zero-order valence-electron chi connectivity index (χ0n) is 12.4. The molecule has 1 aromatic rings. The van der Waals surface area contributed by atoms with Crippen molar-refractivity contribution in [2.45, 2.75) is 24.0 Å². The van der Waals surface area contributed by atoms with Gasteiger partial charge >= 0.3 is 0 Å². The van der Waals surface area contributed by atoms with Crippen LogP contribution in [0.25, 0.3) is 0 Å². The van der Waals surface area contributed by atoms with Gasteiger partial charge in [0.1, 0.15) is 0 Å². The molecule has 0 spiro atoms. The maximum atomic E-state index is 12.9. The maximum absolute atomic E-state index is 12.9. The number of hydrogen-bond acceptors (Lipinski definition) is 6. The molecule has 7 nitrogen and oxygen atoms in total. The molecule has 0 bridgehead atoms. The minimum atomic E-state index is -4.12. The van der Waals surface area contributed by atoms with Crippen LogP contribution in [0, 0.1) is 6.92 Å². The topological polar surface area (TPSA) is 112 Å². The smallest absolute Gasteiger partial charge is 0.243 e. The molecule has 1 saturated heterocycles. The molecule has 1 aliphatic rings. The molecule has 130 valence electrons. The number of sulfone groups is 1. The van der Waals surface area contributed by atoms with E-state index in [0.717, 1.165) is 4.31 Å². The van der Waals surface area contributed by atoms with Gasteiger partial charge in [0, 0.05) is 11.6 Å². The average Bonchev–Trinajstić information content (AvgIpc) is 2.71. The first-order valence-corrected chi connectivity index (χ1v) is 10.5. The van der Waals surface area contributed by atoms with E-state index in [1.807, 2.05) is 0 Å². The van der Waals surface area contributed by atoms with Gasteiger partial charge in [0.15, 0.2) is 9.84 Å². The molecule has 0 aromatic heterocycles. The largest absolute Gasteiger partial charge is 0.395 e. The van der Waals surface area contributed by atoms with Crippen molar-refractivity contribution in [3.8, 4) is 0 Å². The monoisotopic (exact) mass is 383 g/mol. The molecule has 0 aliphatic carbocycles. The summed E-state index contributed by atoms with van der Waals surface area (Å²) in [5, 5.41) is 19.4. The van der Waals surface area contributed by atoms with E-state index >= 15 is 0 Å². The Morgan fingerprint density at radius 3 is 2.52 bits per heavy atom. The van der Waals surface area contributed by atoms with Gasteiger partial charge in [-0.05, 0) is 24.6 Å². The molecule has 10 heteroatoms. The van der Waals surface area contributed by atoms with E-state index in [-0.39, 0.29) is 16.5 Å². The summed E-state index contributed by atoms with van der Waals surface area (Å²) in [5.41, 5.74) is 0.438. The molecule has 1 aromatic carbocycles. The Morgan fingerprint density at radius 2 is 2.00 bits per heavy atom. The van der Waals surface area contributed by atoms with Crippen LogP contribution in [-0.4, -0.2) is 68.2 Å². The second kappa shape index (κ2) is 6.66. The maximum Gasteiger partial charge on any atom is 0.243 e. The van der Waals surface area contributed by atoms with Crippen molar-refractivity contribution in [1.82, 2.24) is 4.31 Å². The quantitative estimate of drug-likeness (QED) is 0.727. The normalized spacial score (nSPS) is 24.2. The molecule has 0 amide bonds. The lowest BCUT2D eigenvalue weighted by molar-refractivity contribution is 0.117. The molecule has 0 saturated carbocycles. The minimum absolute atomic E-state index is 0.0741. The number of rotatable bonds is 5. The number of hydrogen-bond donors (Lipinski definition) is 2. The van der Waals surface area contributed by atoms with Crippen LogP contribution in [0.15, 0.2) is 23.1 Å². The highest BCUT2D eigenvalue weighted by molar-refractivity contribution is 7.92. The number of nitrogens with zero attached hydrogens (tertiary/aromatic N) is 1. The summed E-state index contributed by atoms with van der Waals surface area (Å²) >= 11 is 5.86. The van der Waals surface area contributed by atoms with E-state index in [2.05, 4.69) is 0 Å². The lowest BCUT2D eigenvalue weighted by atomic mass is 10.2. The van der Waals surface area contributed by atoms with Crippen molar-refractivity contribution >= 4 is 31.5 Å². The second-order valence-corrected chi connectivity index (χ2v) is 9.91. The van der Waals surface area contributed by atoms with Crippen molar-refractivity contribution in [2.75, 3.05) is 24.7 Å². The summed E-state index contributed by atoms with van der Waals surface area (Å²) in [4.78, 5) is -0.0741. The summed E-state index contributed by atoms with van der Waals surface area (Å²) in [7, 11) is -7.65. The second-order valence-electron chi connectivity index (χ2n) is 5.46. The van der Waals surface area contributed by atoms with Gasteiger partial charge in [0.25, 0.3) is 0 Å². The first-order valence-electron chi connectivity index (χ1n) is 6.86. The molecule has 1 fully saturated rings. The van der Waals surface area contributed by atoms with Crippen molar-refractivity contribution in [3.05, 3.63) is 28.8 Å². The first-order chi connectivity index (χ1) is 10.6. The lowest BCUT2D eigenvalue weighted by Crippen LogP contribution is -2.48. The van der Waals surface area contributed by atoms with Crippen LogP contribution in [-0.2, 0) is 19.9 Å². The predicted molar refractivity (Wildman–Crippen MR) is 85.6 cm³/mol. The van der Waals surface area contributed by atoms with E-state index in [0.29, 0.717) is 5.56 Å². The molecule has 2 atom stereocenters. The summed E-state index contributed by atoms with van der Waals surface area (Å²) in [6.07, 6.45) is -1.33. The van der Waals surface area contributed by atoms with Gasteiger partial charge in [-0.15, -0.1) is 0 Å². The van der Waals surface area contributed by atoms with Crippen LogP contribution in [0.3, 0.4) is 0 Å².